The molecule has 0 saturated carbocycles. The summed E-state index contributed by atoms with van der Waals surface area (Å²) >= 11 is 0. The molecule has 1 aliphatic rings. The summed E-state index contributed by atoms with van der Waals surface area (Å²) in [5.74, 6) is 1.19. The third-order valence-electron chi connectivity index (χ3n) is 5.76. The molecule has 0 aliphatic carbocycles. The van der Waals surface area contributed by atoms with Crippen molar-refractivity contribution in [2.75, 3.05) is 29.2 Å². The van der Waals surface area contributed by atoms with Crippen molar-refractivity contribution in [3.8, 4) is 0 Å². The molecule has 12 heteroatoms. The van der Waals surface area contributed by atoms with Crippen LogP contribution in [0.1, 0.15) is 29.4 Å². The van der Waals surface area contributed by atoms with Crippen molar-refractivity contribution in [1.82, 2.24) is 24.7 Å². The van der Waals surface area contributed by atoms with E-state index in [0.717, 1.165) is 28.8 Å². The molecule has 0 aromatic carbocycles. The number of aromatic nitrogens is 5. The second-order valence-corrected chi connectivity index (χ2v) is 8.13. The summed E-state index contributed by atoms with van der Waals surface area (Å²) in [6, 6.07) is 2.22. The van der Waals surface area contributed by atoms with Crippen LogP contribution in [0.3, 0.4) is 0 Å². The van der Waals surface area contributed by atoms with E-state index in [-0.39, 0.29) is 6.04 Å². The van der Waals surface area contributed by atoms with Crippen LogP contribution in [0.15, 0.2) is 30.7 Å². The van der Waals surface area contributed by atoms with Crippen molar-refractivity contribution in [2.45, 2.75) is 45.4 Å². The SMILES string of the molecule is Cc1nc(NCc2cnn(Cc3ccc(C(F)(F)F)nc3)c2)nc2c1N(C)C(O)[C@H](C)N2C. The number of hydrogen-bond donors (Lipinski definition) is 2. The zero-order valence-electron chi connectivity index (χ0n) is 18.7. The highest BCUT2D eigenvalue weighted by molar-refractivity contribution is 5.73. The van der Waals surface area contributed by atoms with Gasteiger partial charge in [0.25, 0.3) is 0 Å². The summed E-state index contributed by atoms with van der Waals surface area (Å²) in [5, 5.41) is 17.9. The molecule has 2 N–H and O–H groups in total. The summed E-state index contributed by atoms with van der Waals surface area (Å²) in [6.07, 6.45) is -0.434. The monoisotopic (exact) mass is 462 g/mol. The zero-order valence-corrected chi connectivity index (χ0v) is 18.7. The van der Waals surface area contributed by atoms with Gasteiger partial charge in [-0.1, -0.05) is 6.07 Å². The minimum atomic E-state index is -4.46. The van der Waals surface area contributed by atoms with Crippen LogP contribution in [0, 0.1) is 6.92 Å². The molecular formula is C21H25F3N8O. The number of nitrogens with zero attached hydrogens (tertiary/aromatic N) is 7. The molecule has 33 heavy (non-hydrogen) atoms. The number of nitrogens with one attached hydrogen (secondary N) is 1. The lowest BCUT2D eigenvalue weighted by molar-refractivity contribution is -0.141. The van der Waals surface area contributed by atoms with Crippen LogP contribution in [0.4, 0.5) is 30.6 Å². The van der Waals surface area contributed by atoms with Crippen molar-refractivity contribution < 1.29 is 18.3 Å². The minimum Gasteiger partial charge on any atom is -0.371 e. The molecule has 9 nitrogen and oxygen atoms in total. The van der Waals surface area contributed by atoms with Crippen LogP contribution in [-0.4, -0.2) is 56.2 Å². The first-order chi connectivity index (χ1) is 15.5. The normalized spacial score (nSPS) is 18.4. The number of alkyl halides is 3. The van der Waals surface area contributed by atoms with Crippen molar-refractivity contribution >= 4 is 17.5 Å². The number of aliphatic hydroxyl groups excluding tert-OH is 1. The predicted octanol–water partition coefficient (Wildman–Crippen LogP) is 2.65. The Balaban J connectivity index is 1.43. The van der Waals surface area contributed by atoms with E-state index in [4.69, 9.17) is 0 Å². The Morgan fingerprint density at radius 3 is 2.52 bits per heavy atom. The first kappa shape index (κ1) is 22.8. The van der Waals surface area contributed by atoms with E-state index in [1.807, 2.05) is 32.8 Å². The first-order valence-electron chi connectivity index (χ1n) is 10.3. The molecule has 1 unspecified atom stereocenters. The second-order valence-electron chi connectivity index (χ2n) is 8.13. The second kappa shape index (κ2) is 8.50. The standard InChI is InChI=1S/C21H25F3N8O/c1-12-17-18(30(3)13(2)19(33)31(17)4)29-20(28-12)26-8-15-9-27-32(11-15)10-14-5-6-16(25-7-14)21(22,23)24/h5-7,9,11,13,19,33H,8,10H2,1-4H3,(H,26,28,29)/t13-,19?/m0/s1. The molecule has 0 spiro atoms. The highest BCUT2D eigenvalue weighted by atomic mass is 19.4. The molecule has 0 fully saturated rings. The van der Waals surface area contributed by atoms with Gasteiger partial charge < -0.3 is 20.2 Å². The van der Waals surface area contributed by atoms with Gasteiger partial charge in [-0.25, -0.2) is 4.98 Å². The van der Waals surface area contributed by atoms with Gasteiger partial charge in [0, 0.05) is 38.6 Å². The van der Waals surface area contributed by atoms with Crippen molar-refractivity contribution in [3.05, 3.63) is 53.2 Å². The Bertz CT molecular complexity index is 1130. The molecule has 2 atom stereocenters. The van der Waals surface area contributed by atoms with Crippen LogP contribution in [0.2, 0.25) is 0 Å². The van der Waals surface area contributed by atoms with Crippen LogP contribution in [0.5, 0.6) is 0 Å². The molecule has 4 heterocycles. The van der Waals surface area contributed by atoms with Crippen molar-refractivity contribution in [1.29, 1.82) is 0 Å². The topological polar surface area (TPSA) is 95.2 Å². The summed E-state index contributed by atoms with van der Waals surface area (Å²) in [6.45, 7) is 4.52. The highest BCUT2D eigenvalue weighted by Crippen LogP contribution is 2.37. The van der Waals surface area contributed by atoms with Crippen LogP contribution in [-0.2, 0) is 19.3 Å². The van der Waals surface area contributed by atoms with E-state index in [9.17, 15) is 18.3 Å². The van der Waals surface area contributed by atoms with Gasteiger partial charge in [-0.2, -0.15) is 23.3 Å². The first-order valence-corrected chi connectivity index (χ1v) is 10.3. The van der Waals surface area contributed by atoms with Gasteiger partial charge in [0.15, 0.2) is 5.82 Å². The molecule has 3 aromatic rings. The minimum absolute atomic E-state index is 0.137. The number of pyridine rings is 1. The largest absolute Gasteiger partial charge is 0.433 e. The lowest BCUT2D eigenvalue weighted by Gasteiger charge is -2.43. The fraction of sp³-hybridized carbons (Fsp3) is 0.429. The molecule has 0 saturated heterocycles. The number of fused-ring (bicyclic) bond motifs is 1. The third-order valence-corrected chi connectivity index (χ3v) is 5.76. The third kappa shape index (κ3) is 4.56. The lowest BCUT2D eigenvalue weighted by Crippen LogP contribution is -2.53. The molecule has 1 aliphatic heterocycles. The van der Waals surface area contributed by atoms with Crippen LogP contribution in [0.25, 0.3) is 0 Å². The Hall–Kier alpha value is -3.41. The molecule has 3 aromatic heterocycles. The molecule has 4 rings (SSSR count). The number of halogens is 3. The highest BCUT2D eigenvalue weighted by Gasteiger charge is 2.35. The van der Waals surface area contributed by atoms with E-state index in [1.165, 1.54) is 12.3 Å². The van der Waals surface area contributed by atoms with Crippen molar-refractivity contribution in [2.24, 2.45) is 0 Å². The summed E-state index contributed by atoms with van der Waals surface area (Å²) in [5.41, 5.74) is 2.09. The van der Waals surface area contributed by atoms with E-state index in [1.54, 1.807) is 22.0 Å². The van der Waals surface area contributed by atoms with Gasteiger partial charge in [-0.15, -0.1) is 0 Å². The van der Waals surface area contributed by atoms with Crippen molar-refractivity contribution in [3.63, 3.8) is 0 Å². The molecule has 0 amide bonds. The van der Waals surface area contributed by atoms with E-state index >= 15 is 0 Å². The molecular weight excluding hydrogens is 437 g/mol. The Morgan fingerprint density at radius 1 is 1.09 bits per heavy atom. The maximum Gasteiger partial charge on any atom is 0.433 e. The average molecular weight is 462 g/mol. The van der Waals surface area contributed by atoms with Gasteiger partial charge in [0.2, 0.25) is 5.95 Å². The van der Waals surface area contributed by atoms with E-state index in [0.29, 0.717) is 24.6 Å². The summed E-state index contributed by atoms with van der Waals surface area (Å²) in [4.78, 5) is 16.3. The molecule has 0 radical (unpaired) electrons. The summed E-state index contributed by atoms with van der Waals surface area (Å²) in [7, 11) is 3.70. The van der Waals surface area contributed by atoms with Gasteiger partial charge in [-0.3, -0.25) is 9.67 Å². The fourth-order valence-corrected chi connectivity index (χ4v) is 3.78. The molecule has 176 valence electrons. The van der Waals surface area contributed by atoms with Crippen LogP contribution < -0.4 is 15.1 Å². The number of aliphatic hydroxyl groups is 1. The fourth-order valence-electron chi connectivity index (χ4n) is 3.78. The Kier molecular flexibility index (Phi) is 5.87. The number of likely N-dealkylation sites (N-methyl/N-ethyl adjacent to an activating group) is 2. The summed E-state index contributed by atoms with van der Waals surface area (Å²) < 4.78 is 39.6. The van der Waals surface area contributed by atoms with Crippen LogP contribution >= 0.6 is 0 Å². The predicted molar refractivity (Wildman–Crippen MR) is 117 cm³/mol. The van der Waals surface area contributed by atoms with E-state index in [2.05, 4.69) is 25.4 Å². The average Bonchev–Trinajstić information content (AvgIpc) is 3.21. The molecule has 0 bridgehead atoms. The Labute approximate surface area is 188 Å². The lowest BCUT2D eigenvalue weighted by atomic mass is 10.1. The Morgan fingerprint density at radius 2 is 1.85 bits per heavy atom. The maximum atomic E-state index is 12.7. The van der Waals surface area contributed by atoms with Gasteiger partial charge in [0.1, 0.15) is 17.6 Å². The number of rotatable bonds is 5. The van der Waals surface area contributed by atoms with Gasteiger partial charge in [0.05, 0.1) is 24.5 Å². The number of hydrogen-bond acceptors (Lipinski definition) is 8. The smallest absolute Gasteiger partial charge is 0.371 e. The quantitative estimate of drug-likeness (QED) is 0.598. The van der Waals surface area contributed by atoms with Gasteiger partial charge in [-0.05, 0) is 25.5 Å². The van der Waals surface area contributed by atoms with E-state index < -0.39 is 18.1 Å². The number of anilines is 3. The number of aryl methyl sites for hydroxylation is 1. The maximum absolute atomic E-state index is 12.7. The van der Waals surface area contributed by atoms with Gasteiger partial charge >= 0.3 is 6.18 Å². The zero-order chi connectivity index (χ0) is 23.9.